The zero-order chi connectivity index (χ0) is 18.9. The van der Waals surface area contributed by atoms with Crippen molar-refractivity contribution in [3.05, 3.63) is 29.3 Å². The largest absolute Gasteiger partial charge is 0.429 e. The predicted octanol–water partition coefficient (Wildman–Crippen LogP) is 6.88. The summed E-state index contributed by atoms with van der Waals surface area (Å²) in [5, 5.41) is 0. The molecule has 5 heteroatoms. The average molecular weight is 372 g/mol. The van der Waals surface area contributed by atoms with Crippen molar-refractivity contribution in [3.8, 4) is 5.75 Å². The van der Waals surface area contributed by atoms with Crippen LogP contribution in [0.4, 0.5) is 17.6 Å². The molecule has 0 amide bonds. The molecule has 0 saturated heterocycles. The molecule has 26 heavy (non-hydrogen) atoms. The maximum Gasteiger partial charge on any atom is 0.400 e. The van der Waals surface area contributed by atoms with Gasteiger partial charge in [-0.05, 0) is 74.8 Å². The second-order valence-corrected chi connectivity index (χ2v) is 8.30. The Morgan fingerprint density at radius 1 is 0.846 bits per heavy atom. The molecule has 1 aromatic carbocycles. The Balaban J connectivity index is 1.58. The van der Waals surface area contributed by atoms with E-state index < -0.39 is 29.4 Å². The van der Waals surface area contributed by atoms with Crippen LogP contribution in [0.25, 0.3) is 0 Å². The van der Waals surface area contributed by atoms with Crippen molar-refractivity contribution in [2.24, 2.45) is 23.7 Å². The number of alkyl halides is 2. The molecule has 146 valence electrons. The molecule has 2 saturated carbocycles. The summed E-state index contributed by atoms with van der Waals surface area (Å²) in [6.07, 6.45) is 3.70. The van der Waals surface area contributed by atoms with Gasteiger partial charge >= 0.3 is 6.11 Å². The van der Waals surface area contributed by atoms with Gasteiger partial charge in [0.15, 0.2) is 11.6 Å². The second kappa shape index (κ2) is 7.77. The third-order valence-electron chi connectivity index (χ3n) is 6.46. The van der Waals surface area contributed by atoms with Crippen LogP contribution in [-0.2, 0) is 0 Å². The van der Waals surface area contributed by atoms with Crippen LogP contribution in [0, 0.1) is 42.2 Å². The zero-order valence-electron chi connectivity index (χ0n) is 15.5. The lowest BCUT2D eigenvalue weighted by Gasteiger charge is -2.38. The summed E-state index contributed by atoms with van der Waals surface area (Å²) < 4.78 is 61.1. The molecule has 0 unspecified atom stereocenters. The summed E-state index contributed by atoms with van der Waals surface area (Å²) in [6, 6.07) is 2.33. The molecule has 1 nitrogen and oxygen atoms in total. The number of hydrogen-bond donors (Lipinski definition) is 0. The lowest BCUT2D eigenvalue weighted by Crippen LogP contribution is -2.38. The third kappa shape index (κ3) is 4.17. The smallest absolute Gasteiger partial charge is 0.400 e. The van der Waals surface area contributed by atoms with E-state index in [1.807, 2.05) is 0 Å². The Labute approximate surface area is 153 Å². The van der Waals surface area contributed by atoms with Crippen LogP contribution in [0.5, 0.6) is 5.75 Å². The standard InChI is InChI=1S/C21H28F4O/c1-13-3-6-15(7-4-13)16-8-10-17(11-9-16)21(24,25)26-18-12-5-14(2)19(22)20(18)23/h5,12-13,15-17H,3-4,6-11H2,1-2H3. The maximum absolute atomic E-state index is 14.5. The Kier molecular flexibility index (Phi) is 5.83. The number of halogens is 4. The van der Waals surface area contributed by atoms with Crippen molar-refractivity contribution in [1.29, 1.82) is 0 Å². The number of ether oxygens (including phenoxy) is 1. The summed E-state index contributed by atoms with van der Waals surface area (Å²) in [7, 11) is 0. The van der Waals surface area contributed by atoms with E-state index in [2.05, 4.69) is 11.7 Å². The highest BCUT2D eigenvalue weighted by molar-refractivity contribution is 5.30. The monoisotopic (exact) mass is 372 g/mol. The van der Waals surface area contributed by atoms with E-state index >= 15 is 0 Å². The molecule has 0 radical (unpaired) electrons. The Morgan fingerprint density at radius 3 is 1.96 bits per heavy atom. The van der Waals surface area contributed by atoms with Crippen LogP contribution in [0.1, 0.15) is 63.9 Å². The Morgan fingerprint density at radius 2 is 1.38 bits per heavy atom. The molecule has 0 atom stereocenters. The first-order valence-corrected chi connectivity index (χ1v) is 9.79. The minimum absolute atomic E-state index is 0.0699. The molecular formula is C21H28F4O. The molecule has 0 N–H and O–H groups in total. The van der Waals surface area contributed by atoms with Crippen LogP contribution in [0.2, 0.25) is 0 Å². The van der Waals surface area contributed by atoms with Gasteiger partial charge in [0.25, 0.3) is 0 Å². The number of hydrogen-bond acceptors (Lipinski definition) is 1. The summed E-state index contributed by atoms with van der Waals surface area (Å²) in [4.78, 5) is 0. The topological polar surface area (TPSA) is 9.23 Å². The van der Waals surface area contributed by atoms with Gasteiger partial charge in [0.05, 0.1) is 5.92 Å². The molecule has 0 aliphatic heterocycles. The van der Waals surface area contributed by atoms with Gasteiger partial charge in [-0.1, -0.05) is 25.8 Å². The van der Waals surface area contributed by atoms with Crippen molar-refractivity contribution >= 4 is 0 Å². The molecular weight excluding hydrogens is 344 g/mol. The van der Waals surface area contributed by atoms with Gasteiger partial charge in [0.1, 0.15) is 0 Å². The second-order valence-electron chi connectivity index (χ2n) is 8.30. The molecule has 0 heterocycles. The first kappa shape index (κ1) is 19.5. The summed E-state index contributed by atoms with van der Waals surface area (Å²) in [5.74, 6) is -2.16. The van der Waals surface area contributed by atoms with Crippen molar-refractivity contribution in [1.82, 2.24) is 0 Å². The zero-order valence-corrected chi connectivity index (χ0v) is 15.5. The molecule has 0 bridgehead atoms. The Bertz CT molecular complexity index is 615. The van der Waals surface area contributed by atoms with Crippen molar-refractivity contribution in [2.45, 2.75) is 71.3 Å². The van der Waals surface area contributed by atoms with Crippen LogP contribution in [0.3, 0.4) is 0 Å². The van der Waals surface area contributed by atoms with E-state index in [1.54, 1.807) is 0 Å². The number of rotatable bonds is 4. The molecule has 2 aliphatic carbocycles. The van der Waals surface area contributed by atoms with Crippen LogP contribution in [0.15, 0.2) is 12.1 Å². The molecule has 2 fully saturated rings. The molecule has 0 aromatic heterocycles. The maximum atomic E-state index is 14.5. The van der Waals surface area contributed by atoms with Gasteiger partial charge in [0, 0.05) is 0 Å². The SMILES string of the molecule is Cc1ccc(OC(F)(F)C2CCC(C3CCC(C)CC3)CC2)c(F)c1F. The van der Waals surface area contributed by atoms with Crippen LogP contribution < -0.4 is 4.74 Å². The molecule has 1 aromatic rings. The summed E-state index contributed by atoms with van der Waals surface area (Å²) in [5.41, 5.74) is 0.0699. The van der Waals surface area contributed by atoms with Gasteiger partial charge < -0.3 is 4.74 Å². The molecule has 3 rings (SSSR count). The average Bonchev–Trinajstić information content (AvgIpc) is 2.63. The number of benzene rings is 1. The first-order valence-electron chi connectivity index (χ1n) is 9.79. The van der Waals surface area contributed by atoms with Gasteiger partial charge in [-0.15, -0.1) is 0 Å². The lowest BCUT2D eigenvalue weighted by molar-refractivity contribution is -0.225. The van der Waals surface area contributed by atoms with Gasteiger partial charge in [-0.25, -0.2) is 4.39 Å². The van der Waals surface area contributed by atoms with Gasteiger partial charge in [-0.3, -0.25) is 0 Å². The van der Waals surface area contributed by atoms with E-state index in [9.17, 15) is 17.6 Å². The van der Waals surface area contributed by atoms with Crippen LogP contribution in [-0.4, -0.2) is 6.11 Å². The van der Waals surface area contributed by atoms with E-state index in [-0.39, 0.29) is 5.56 Å². The minimum Gasteiger partial charge on any atom is -0.429 e. The Hall–Kier alpha value is -1.26. The third-order valence-corrected chi connectivity index (χ3v) is 6.46. The highest BCUT2D eigenvalue weighted by Gasteiger charge is 2.45. The highest BCUT2D eigenvalue weighted by atomic mass is 19.3. The fourth-order valence-electron chi connectivity index (χ4n) is 4.62. The van der Waals surface area contributed by atoms with E-state index in [4.69, 9.17) is 0 Å². The van der Waals surface area contributed by atoms with E-state index in [0.717, 1.165) is 24.8 Å². The predicted molar refractivity (Wildman–Crippen MR) is 93.2 cm³/mol. The number of aryl methyl sites for hydroxylation is 1. The van der Waals surface area contributed by atoms with E-state index in [1.165, 1.54) is 38.7 Å². The van der Waals surface area contributed by atoms with Crippen molar-refractivity contribution in [2.75, 3.05) is 0 Å². The fraction of sp³-hybridized carbons (Fsp3) is 0.714. The molecule has 2 aliphatic rings. The van der Waals surface area contributed by atoms with Crippen LogP contribution >= 0.6 is 0 Å². The minimum atomic E-state index is -3.48. The van der Waals surface area contributed by atoms with Crippen molar-refractivity contribution in [3.63, 3.8) is 0 Å². The lowest BCUT2D eigenvalue weighted by atomic mass is 9.69. The first-order chi connectivity index (χ1) is 12.3. The normalized spacial score (nSPS) is 30.2. The molecule has 0 spiro atoms. The van der Waals surface area contributed by atoms with Gasteiger partial charge in [-0.2, -0.15) is 13.2 Å². The summed E-state index contributed by atoms with van der Waals surface area (Å²) in [6.45, 7) is 3.66. The van der Waals surface area contributed by atoms with Crippen molar-refractivity contribution < 1.29 is 22.3 Å². The van der Waals surface area contributed by atoms with Gasteiger partial charge in [0.2, 0.25) is 5.82 Å². The highest BCUT2D eigenvalue weighted by Crippen LogP contribution is 2.45. The summed E-state index contributed by atoms with van der Waals surface area (Å²) >= 11 is 0. The fourth-order valence-corrected chi connectivity index (χ4v) is 4.62. The van der Waals surface area contributed by atoms with E-state index in [0.29, 0.717) is 24.7 Å². The quantitative estimate of drug-likeness (QED) is 0.524.